The van der Waals surface area contributed by atoms with Crippen molar-refractivity contribution in [2.75, 3.05) is 6.26 Å². The van der Waals surface area contributed by atoms with Crippen molar-refractivity contribution in [1.29, 1.82) is 0 Å². The van der Waals surface area contributed by atoms with Gasteiger partial charge in [-0.2, -0.15) is 0 Å². The van der Waals surface area contributed by atoms with E-state index in [-0.39, 0.29) is 0 Å². The van der Waals surface area contributed by atoms with E-state index in [1.165, 1.54) is 0 Å². The van der Waals surface area contributed by atoms with Crippen LogP contribution in [0.3, 0.4) is 0 Å². The predicted octanol–water partition coefficient (Wildman–Crippen LogP) is 1.22. The minimum Gasteiger partial charge on any atom is -0.328 e. The second kappa shape index (κ2) is 10.7. The quantitative estimate of drug-likeness (QED) is 0.413. The normalized spacial score (nSPS) is 7.93. The Morgan fingerprint density at radius 1 is 1.33 bits per heavy atom. The molecule has 0 atom stereocenters. The predicted molar refractivity (Wildman–Crippen MR) is 56.5 cm³/mol. The van der Waals surface area contributed by atoms with Crippen LogP contribution in [0.15, 0.2) is 30.3 Å². The summed E-state index contributed by atoms with van der Waals surface area (Å²) in [5.41, 5.74) is 0. The maximum Gasteiger partial charge on any atom is 0.291 e. The number of thiol groups is 1. The Balaban J connectivity index is 0. The van der Waals surface area contributed by atoms with Crippen LogP contribution < -0.4 is 0 Å². The van der Waals surface area contributed by atoms with Gasteiger partial charge in [0.1, 0.15) is 10.7 Å². The number of hydrogen-bond donors (Lipinski definition) is 2. The standard InChI is InChI=1S/C6H5Cl.CH4O2S.HNO3/c7-6-4-2-1-3-5-6;1-4(2)3;2-1(3)4/h1-5H;4H,1H3;(H,2,3,4). The summed E-state index contributed by atoms with van der Waals surface area (Å²) in [6.45, 7) is 0. The highest BCUT2D eigenvalue weighted by molar-refractivity contribution is 7.71. The van der Waals surface area contributed by atoms with Crippen molar-refractivity contribution in [1.82, 2.24) is 0 Å². The lowest BCUT2D eigenvalue weighted by Crippen LogP contribution is -1.81. The zero-order valence-electron chi connectivity index (χ0n) is 7.74. The smallest absolute Gasteiger partial charge is 0.291 e. The van der Waals surface area contributed by atoms with Gasteiger partial charge in [0.2, 0.25) is 0 Å². The van der Waals surface area contributed by atoms with E-state index >= 15 is 0 Å². The molecule has 86 valence electrons. The highest BCUT2D eigenvalue weighted by Crippen LogP contribution is 2.03. The molecule has 0 saturated heterocycles. The van der Waals surface area contributed by atoms with Crippen molar-refractivity contribution < 1.29 is 18.7 Å². The second-order valence-corrected chi connectivity index (χ2v) is 3.29. The van der Waals surface area contributed by atoms with E-state index in [0.717, 1.165) is 11.3 Å². The topological polar surface area (TPSA) is 97.5 Å². The van der Waals surface area contributed by atoms with E-state index in [9.17, 15) is 0 Å². The van der Waals surface area contributed by atoms with Crippen LogP contribution in [0.1, 0.15) is 0 Å². The molecule has 0 unspecified atom stereocenters. The molecular weight excluding hydrogens is 246 g/mol. The summed E-state index contributed by atoms with van der Waals surface area (Å²) < 4.78 is 18.1. The molecule has 15 heavy (non-hydrogen) atoms. The molecule has 0 bridgehead atoms. The van der Waals surface area contributed by atoms with Gasteiger partial charge in [-0.05, 0) is 12.1 Å². The van der Waals surface area contributed by atoms with E-state index in [1.807, 2.05) is 30.3 Å². The van der Waals surface area contributed by atoms with Crippen LogP contribution in [0.4, 0.5) is 0 Å². The molecule has 0 heterocycles. The van der Waals surface area contributed by atoms with Gasteiger partial charge >= 0.3 is 0 Å². The van der Waals surface area contributed by atoms with Crippen molar-refractivity contribution in [3.05, 3.63) is 45.5 Å². The summed E-state index contributed by atoms with van der Waals surface area (Å²) in [4.78, 5) is 8.36. The fourth-order valence-electron chi connectivity index (χ4n) is 0.415. The molecule has 6 nitrogen and oxygen atoms in total. The molecule has 0 aliphatic rings. The first-order chi connectivity index (χ1) is 6.86. The lowest BCUT2D eigenvalue weighted by molar-refractivity contribution is -0.742. The van der Waals surface area contributed by atoms with E-state index in [0.29, 0.717) is 0 Å². The van der Waals surface area contributed by atoms with Gasteiger partial charge in [-0.1, -0.05) is 29.8 Å². The van der Waals surface area contributed by atoms with Crippen molar-refractivity contribution >= 4 is 22.3 Å². The van der Waals surface area contributed by atoms with Gasteiger partial charge in [0.15, 0.2) is 0 Å². The molecule has 0 spiro atoms. The summed E-state index contributed by atoms with van der Waals surface area (Å²) in [5, 5.41) is 14.4. The third kappa shape index (κ3) is 32.4. The largest absolute Gasteiger partial charge is 0.328 e. The van der Waals surface area contributed by atoms with Gasteiger partial charge in [0.25, 0.3) is 5.09 Å². The third-order valence-corrected chi connectivity index (χ3v) is 0.985. The summed E-state index contributed by atoms with van der Waals surface area (Å²) in [5.74, 6) is 0. The highest BCUT2D eigenvalue weighted by Gasteiger charge is 1.74. The number of halogens is 1. The summed E-state index contributed by atoms with van der Waals surface area (Å²) in [6.07, 6.45) is 1.12. The molecule has 0 aliphatic heterocycles. The lowest BCUT2D eigenvalue weighted by atomic mass is 10.4. The Morgan fingerprint density at radius 3 is 1.73 bits per heavy atom. The molecule has 1 rings (SSSR count). The molecule has 0 radical (unpaired) electrons. The first-order valence-electron chi connectivity index (χ1n) is 3.48. The van der Waals surface area contributed by atoms with Crippen LogP contribution in [-0.4, -0.2) is 25.0 Å². The minimum absolute atomic E-state index is 0.794. The third-order valence-electron chi connectivity index (χ3n) is 0.733. The van der Waals surface area contributed by atoms with E-state index in [4.69, 9.17) is 35.3 Å². The molecule has 1 aromatic rings. The van der Waals surface area contributed by atoms with Crippen LogP contribution in [0.2, 0.25) is 5.02 Å². The first-order valence-corrected chi connectivity index (χ1v) is 5.48. The monoisotopic (exact) mass is 255 g/mol. The maximum atomic E-state index is 9.04. The maximum absolute atomic E-state index is 9.04. The van der Waals surface area contributed by atoms with E-state index in [2.05, 4.69) is 0 Å². The molecular formula is C7H10ClNO5S. The van der Waals surface area contributed by atoms with Crippen molar-refractivity contribution in [2.24, 2.45) is 0 Å². The number of rotatable bonds is 0. The SMILES string of the molecule is C[SH](=O)=O.Clc1ccccc1.O=[N+]([O-])O. The molecule has 1 N–H and O–H groups in total. The minimum atomic E-state index is -2.12. The van der Waals surface area contributed by atoms with E-state index < -0.39 is 15.8 Å². The van der Waals surface area contributed by atoms with Gasteiger partial charge in [-0.3, -0.25) is 0 Å². The van der Waals surface area contributed by atoms with Gasteiger partial charge in [-0.25, -0.2) is 8.42 Å². The molecule has 0 aromatic heterocycles. The second-order valence-electron chi connectivity index (χ2n) is 1.97. The highest BCUT2D eigenvalue weighted by atomic mass is 35.5. The van der Waals surface area contributed by atoms with Gasteiger partial charge in [-0.15, -0.1) is 10.1 Å². The Kier molecular flexibility index (Phi) is 11.5. The van der Waals surface area contributed by atoms with Crippen LogP contribution >= 0.6 is 11.6 Å². The molecule has 0 saturated carbocycles. The summed E-state index contributed by atoms with van der Waals surface area (Å²) in [7, 11) is -2.12. The number of nitrogens with zero attached hydrogens (tertiary/aromatic N) is 1. The fraction of sp³-hybridized carbons (Fsp3) is 0.143. The van der Waals surface area contributed by atoms with Crippen LogP contribution in [0.5, 0.6) is 0 Å². The fourth-order valence-corrected chi connectivity index (χ4v) is 0.560. The van der Waals surface area contributed by atoms with Crippen molar-refractivity contribution in [2.45, 2.75) is 0 Å². The Bertz CT molecular complexity index is 328. The van der Waals surface area contributed by atoms with Crippen molar-refractivity contribution in [3.63, 3.8) is 0 Å². The number of benzene rings is 1. The van der Waals surface area contributed by atoms with Crippen LogP contribution in [0.25, 0.3) is 0 Å². The number of hydrogen-bond acceptors (Lipinski definition) is 4. The van der Waals surface area contributed by atoms with Crippen LogP contribution in [-0.2, 0) is 10.7 Å². The summed E-state index contributed by atoms with van der Waals surface area (Å²) in [6, 6.07) is 9.44. The average Bonchev–Trinajstić information content (AvgIpc) is 2.03. The Hall–Kier alpha value is -1.34. The van der Waals surface area contributed by atoms with Gasteiger partial charge in [0.05, 0.1) is 0 Å². The zero-order chi connectivity index (χ0) is 12.3. The molecule has 0 fully saturated rings. The van der Waals surface area contributed by atoms with Gasteiger partial charge < -0.3 is 5.21 Å². The molecule has 0 aliphatic carbocycles. The average molecular weight is 256 g/mol. The van der Waals surface area contributed by atoms with E-state index in [1.54, 1.807) is 0 Å². The Morgan fingerprint density at radius 2 is 1.60 bits per heavy atom. The van der Waals surface area contributed by atoms with Crippen LogP contribution in [0, 0.1) is 10.1 Å². The van der Waals surface area contributed by atoms with Gasteiger partial charge in [0, 0.05) is 11.3 Å². The Labute approximate surface area is 93.2 Å². The molecule has 0 amide bonds. The molecule has 8 heteroatoms. The first kappa shape index (κ1) is 16.1. The lowest BCUT2D eigenvalue weighted by Gasteiger charge is -1.80. The zero-order valence-corrected chi connectivity index (χ0v) is 9.39. The van der Waals surface area contributed by atoms with Crippen molar-refractivity contribution in [3.8, 4) is 0 Å². The molecule has 1 aromatic carbocycles. The summed E-state index contributed by atoms with van der Waals surface area (Å²) >= 11 is 5.54.